The van der Waals surface area contributed by atoms with Crippen molar-refractivity contribution in [2.45, 2.75) is 0 Å². The molecule has 2 aromatic carbocycles. The van der Waals surface area contributed by atoms with Gasteiger partial charge in [0, 0.05) is 34.3 Å². The normalized spacial score (nSPS) is 11.2. The van der Waals surface area contributed by atoms with Crippen LogP contribution in [0.2, 0.25) is 5.02 Å². The van der Waals surface area contributed by atoms with Crippen LogP contribution in [0.5, 0.6) is 23.1 Å². The Morgan fingerprint density at radius 1 is 1.04 bits per heavy atom. The zero-order valence-electron chi connectivity index (χ0n) is 14.0. The number of H-pyrrole nitrogens is 1. The molecule has 0 aliphatic carbocycles. The molecule has 6 nitrogen and oxygen atoms in total. The summed E-state index contributed by atoms with van der Waals surface area (Å²) in [5, 5.41) is 11.5. The Morgan fingerprint density at radius 2 is 1.72 bits per heavy atom. The fourth-order valence-corrected chi connectivity index (χ4v) is 2.75. The average molecular weight is 361 g/mol. The Bertz CT molecular complexity index is 925. The van der Waals surface area contributed by atoms with Gasteiger partial charge in [0.25, 0.3) is 0 Å². The molecule has 0 fully saturated rings. The molecule has 3 rings (SSSR count). The minimum absolute atomic E-state index is 0.0217. The van der Waals surface area contributed by atoms with Gasteiger partial charge < -0.3 is 24.3 Å². The maximum atomic E-state index is 10.1. The van der Waals surface area contributed by atoms with Crippen molar-refractivity contribution >= 4 is 34.4 Å². The maximum Gasteiger partial charge on any atom is 0.203 e. The molecule has 0 saturated heterocycles. The molecule has 1 heterocycles. The third kappa shape index (κ3) is 3.21. The number of aromatic nitrogens is 1. The Hall–Kier alpha value is -2.86. The standard InChI is InChI=1S/C18H17ClN2O4/c1-23-15-7-11(8-16(24-2)17(15)25-3)20-9-13-12-6-10(19)4-5-14(12)21-18(13)22/h4-9,21-22H,1-3H3. The van der Waals surface area contributed by atoms with Gasteiger partial charge in [-0.3, -0.25) is 4.99 Å². The molecule has 0 bridgehead atoms. The second-order valence-corrected chi connectivity index (χ2v) is 5.66. The summed E-state index contributed by atoms with van der Waals surface area (Å²) in [4.78, 5) is 7.31. The largest absolute Gasteiger partial charge is 0.494 e. The predicted molar refractivity (Wildman–Crippen MR) is 98.3 cm³/mol. The fourth-order valence-electron chi connectivity index (χ4n) is 2.58. The molecule has 3 aromatic rings. The van der Waals surface area contributed by atoms with Crippen LogP contribution < -0.4 is 14.2 Å². The van der Waals surface area contributed by atoms with Crippen molar-refractivity contribution in [3.05, 3.63) is 40.9 Å². The smallest absolute Gasteiger partial charge is 0.203 e. The molecule has 0 atom stereocenters. The van der Waals surface area contributed by atoms with Crippen molar-refractivity contribution in [3.8, 4) is 23.1 Å². The van der Waals surface area contributed by atoms with Gasteiger partial charge in [-0.05, 0) is 18.2 Å². The van der Waals surface area contributed by atoms with E-state index in [4.69, 9.17) is 25.8 Å². The van der Waals surface area contributed by atoms with Gasteiger partial charge in [0.1, 0.15) is 0 Å². The molecule has 0 radical (unpaired) electrons. The van der Waals surface area contributed by atoms with Crippen molar-refractivity contribution in [1.82, 2.24) is 4.98 Å². The summed E-state index contributed by atoms with van der Waals surface area (Å²) in [6.07, 6.45) is 1.56. The first kappa shape index (κ1) is 17.0. The van der Waals surface area contributed by atoms with Gasteiger partial charge >= 0.3 is 0 Å². The number of benzene rings is 2. The molecule has 130 valence electrons. The van der Waals surface area contributed by atoms with Crippen LogP contribution in [0.25, 0.3) is 10.9 Å². The van der Waals surface area contributed by atoms with E-state index < -0.39 is 0 Å². The van der Waals surface area contributed by atoms with Crippen LogP contribution in [0.3, 0.4) is 0 Å². The summed E-state index contributed by atoms with van der Waals surface area (Å²) in [7, 11) is 4.62. The highest BCUT2D eigenvalue weighted by Gasteiger charge is 2.13. The molecule has 0 unspecified atom stereocenters. The number of aromatic amines is 1. The number of halogens is 1. The second-order valence-electron chi connectivity index (χ2n) is 5.22. The Balaban J connectivity index is 2.05. The van der Waals surface area contributed by atoms with Crippen LogP contribution in [0.4, 0.5) is 5.69 Å². The van der Waals surface area contributed by atoms with E-state index in [9.17, 15) is 5.11 Å². The molecule has 2 N–H and O–H groups in total. The molecule has 0 saturated carbocycles. The second kappa shape index (κ2) is 6.94. The minimum Gasteiger partial charge on any atom is -0.494 e. The maximum absolute atomic E-state index is 10.1. The monoisotopic (exact) mass is 360 g/mol. The number of rotatable bonds is 5. The first-order valence-electron chi connectivity index (χ1n) is 7.41. The first-order chi connectivity index (χ1) is 12.1. The Morgan fingerprint density at radius 3 is 2.32 bits per heavy atom. The van der Waals surface area contributed by atoms with Crippen LogP contribution in [0, 0.1) is 0 Å². The number of nitrogens with one attached hydrogen (secondary N) is 1. The van der Waals surface area contributed by atoms with Crippen molar-refractivity contribution in [1.29, 1.82) is 0 Å². The predicted octanol–water partition coefficient (Wildman–Crippen LogP) is 4.30. The summed E-state index contributed by atoms with van der Waals surface area (Å²) in [6.45, 7) is 0. The van der Waals surface area contributed by atoms with E-state index in [0.29, 0.717) is 33.5 Å². The highest BCUT2D eigenvalue weighted by Crippen LogP contribution is 2.41. The van der Waals surface area contributed by atoms with Crippen molar-refractivity contribution in [2.75, 3.05) is 21.3 Å². The third-order valence-corrected chi connectivity index (χ3v) is 4.01. The first-order valence-corrected chi connectivity index (χ1v) is 7.79. The van der Waals surface area contributed by atoms with E-state index in [-0.39, 0.29) is 5.88 Å². The van der Waals surface area contributed by atoms with Gasteiger partial charge in [0.05, 0.1) is 32.6 Å². The number of fused-ring (bicyclic) bond motifs is 1. The summed E-state index contributed by atoms with van der Waals surface area (Å²) in [6, 6.07) is 8.76. The SMILES string of the molecule is COc1cc(N=Cc2c(O)[nH]c3ccc(Cl)cc23)cc(OC)c1OC. The summed E-state index contributed by atoms with van der Waals surface area (Å²) in [5.74, 6) is 1.51. The molecule has 1 aromatic heterocycles. The van der Waals surface area contributed by atoms with Gasteiger partial charge in [-0.1, -0.05) is 11.6 Å². The van der Waals surface area contributed by atoms with Crippen LogP contribution in [-0.4, -0.2) is 37.6 Å². The summed E-state index contributed by atoms with van der Waals surface area (Å²) < 4.78 is 15.9. The highest BCUT2D eigenvalue weighted by molar-refractivity contribution is 6.31. The quantitative estimate of drug-likeness (QED) is 0.665. The third-order valence-electron chi connectivity index (χ3n) is 3.77. The number of ether oxygens (including phenoxy) is 3. The van der Waals surface area contributed by atoms with Crippen LogP contribution in [0.1, 0.15) is 5.56 Å². The van der Waals surface area contributed by atoms with Crippen LogP contribution in [0.15, 0.2) is 35.3 Å². The molecule has 0 amide bonds. The lowest BCUT2D eigenvalue weighted by atomic mass is 10.2. The zero-order chi connectivity index (χ0) is 18.0. The van der Waals surface area contributed by atoms with Gasteiger partial charge in [-0.15, -0.1) is 0 Å². The lowest BCUT2D eigenvalue weighted by Crippen LogP contribution is -1.94. The van der Waals surface area contributed by atoms with E-state index in [0.717, 1.165) is 10.9 Å². The van der Waals surface area contributed by atoms with E-state index in [1.807, 2.05) is 0 Å². The van der Waals surface area contributed by atoms with Gasteiger partial charge in [0.2, 0.25) is 5.75 Å². The number of aromatic hydroxyl groups is 1. The van der Waals surface area contributed by atoms with E-state index in [1.54, 1.807) is 36.5 Å². The number of hydrogen-bond acceptors (Lipinski definition) is 5. The highest BCUT2D eigenvalue weighted by atomic mass is 35.5. The van der Waals surface area contributed by atoms with Gasteiger partial charge in [0.15, 0.2) is 17.4 Å². The topological polar surface area (TPSA) is 76.1 Å². The Kier molecular flexibility index (Phi) is 4.72. The van der Waals surface area contributed by atoms with Crippen LogP contribution >= 0.6 is 11.6 Å². The number of aliphatic imine (C=N–C) groups is 1. The lowest BCUT2D eigenvalue weighted by Gasteiger charge is -2.12. The summed E-state index contributed by atoms with van der Waals surface area (Å²) >= 11 is 6.04. The molecular weight excluding hydrogens is 344 g/mol. The van der Waals surface area contributed by atoms with Crippen molar-refractivity contribution < 1.29 is 19.3 Å². The van der Waals surface area contributed by atoms with Crippen molar-refractivity contribution in [2.24, 2.45) is 4.99 Å². The molecule has 0 spiro atoms. The number of methoxy groups -OCH3 is 3. The van der Waals surface area contributed by atoms with E-state index >= 15 is 0 Å². The molecule has 7 heteroatoms. The minimum atomic E-state index is 0.0217. The lowest BCUT2D eigenvalue weighted by molar-refractivity contribution is 0.324. The van der Waals surface area contributed by atoms with Crippen LogP contribution in [-0.2, 0) is 0 Å². The number of nitrogens with zero attached hydrogens (tertiary/aromatic N) is 1. The molecule has 0 aliphatic rings. The summed E-state index contributed by atoms with van der Waals surface area (Å²) in [5.41, 5.74) is 1.91. The van der Waals surface area contributed by atoms with Gasteiger partial charge in [-0.25, -0.2) is 0 Å². The van der Waals surface area contributed by atoms with Gasteiger partial charge in [-0.2, -0.15) is 0 Å². The average Bonchev–Trinajstić information content (AvgIpc) is 2.93. The van der Waals surface area contributed by atoms with Crippen molar-refractivity contribution in [3.63, 3.8) is 0 Å². The molecule has 25 heavy (non-hydrogen) atoms. The van der Waals surface area contributed by atoms with E-state index in [2.05, 4.69) is 9.98 Å². The molecular formula is C18H17ClN2O4. The zero-order valence-corrected chi connectivity index (χ0v) is 14.7. The Labute approximate surface area is 149 Å². The number of hydrogen-bond donors (Lipinski definition) is 2. The molecule has 0 aliphatic heterocycles. The fraction of sp³-hybridized carbons (Fsp3) is 0.167. The van der Waals surface area contributed by atoms with E-state index in [1.165, 1.54) is 21.3 Å².